The van der Waals surface area contributed by atoms with Gasteiger partial charge in [-0.05, 0) is 19.4 Å². The predicted molar refractivity (Wildman–Crippen MR) is 40.4 cm³/mol. The highest BCUT2D eigenvalue weighted by Gasteiger charge is 2.14. The van der Waals surface area contributed by atoms with E-state index in [-0.39, 0.29) is 0 Å². The van der Waals surface area contributed by atoms with Crippen molar-refractivity contribution in [1.29, 1.82) is 0 Å². The molecule has 0 atom stereocenters. The van der Waals surface area contributed by atoms with Crippen LogP contribution in [0.1, 0.15) is 26.2 Å². The molecule has 0 aliphatic carbocycles. The Hall–Kier alpha value is -0.370. The minimum atomic E-state index is 0.385. The summed E-state index contributed by atoms with van der Waals surface area (Å²) < 4.78 is 0. The fraction of sp³-hybridized carbons (Fsp3) is 0.750. The first-order valence-electron chi connectivity index (χ1n) is 3.92. The third-order valence-corrected chi connectivity index (χ3v) is 1.72. The molecule has 1 aliphatic rings. The monoisotopic (exact) mass is 140 g/mol. The molecule has 0 aromatic heterocycles. The highest BCUT2D eigenvalue weighted by Crippen LogP contribution is 2.07. The first kappa shape index (κ1) is 7.73. The summed E-state index contributed by atoms with van der Waals surface area (Å²) in [5.41, 5.74) is 0. The maximum atomic E-state index is 10.9. The van der Waals surface area contributed by atoms with E-state index in [9.17, 15) is 4.79 Å². The third kappa shape index (κ3) is 2.10. The molecule has 0 spiro atoms. The van der Waals surface area contributed by atoms with Crippen molar-refractivity contribution in [3.63, 3.8) is 0 Å². The van der Waals surface area contributed by atoms with Gasteiger partial charge in [0, 0.05) is 13.0 Å². The average Bonchev–Trinajstić information content (AvgIpc) is 1.88. The van der Waals surface area contributed by atoms with E-state index in [2.05, 4.69) is 18.4 Å². The van der Waals surface area contributed by atoms with Crippen LogP contribution in [-0.4, -0.2) is 23.8 Å². The number of piperidine rings is 1. The van der Waals surface area contributed by atoms with Crippen LogP contribution in [0.3, 0.4) is 0 Å². The first-order chi connectivity index (χ1) is 4.83. The van der Waals surface area contributed by atoms with Gasteiger partial charge in [-0.15, -0.1) is 0 Å². The van der Waals surface area contributed by atoms with E-state index in [4.69, 9.17) is 0 Å². The Morgan fingerprint density at radius 2 is 2.50 bits per heavy atom. The molecule has 0 amide bonds. The number of Topliss-reactive ketones (excluding diaryl/α,β-unsaturated/α-hetero) is 1. The summed E-state index contributed by atoms with van der Waals surface area (Å²) in [6, 6.07) is 0. The molecule has 1 rings (SSSR count). The number of likely N-dealkylation sites (tertiary alicyclic amines) is 1. The number of rotatable bonds is 2. The van der Waals surface area contributed by atoms with Crippen LogP contribution < -0.4 is 0 Å². The molecule has 2 nitrogen and oxygen atoms in total. The van der Waals surface area contributed by atoms with Crippen molar-refractivity contribution in [2.24, 2.45) is 0 Å². The molecule has 1 fully saturated rings. The number of carbonyl (C=O) groups is 1. The standard InChI is InChI=1S/C8H14NO/c1-2-5-9-6-3-4-8(10)7-9/h5H,2-4,6-7H2,1H3. The van der Waals surface area contributed by atoms with Gasteiger partial charge < -0.3 is 0 Å². The van der Waals surface area contributed by atoms with Gasteiger partial charge in [-0.25, -0.2) is 0 Å². The molecular formula is C8H14NO. The SMILES string of the molecule is CC[CH]N1CCCC(=O)C1. The van der Waals surface area contributed by atoms with Crippen LogP contribution in [0.2, 0.25) is 0 Å². The number of nitrogens with zero attached hydrogens (tertiary/aromatic N) is 1. The fourth-order valence-corrected chi connectivity index (χ4v) is 1.28. The van der Waals surface area contributed by atoms with Crippen LogP contribution in [0.5, 0.6) is 0 Å². The van der Waals surface area contributed by atoms with E-state index in [1.54, 1.807) is 0 Å². The van der Waals surface area contributed by atoms with Crippen molar-refractivity contribution in [2.45, 2.75) is 26.2 Å². The average molecular weight is 140 g/mol. The lowest BCUT2D eigenvalue weighted by atomic mass is 10.1. The van der Waals surface area contributed by atoms with Crippen molar-refractivity contribution >= 4 is 5.78 Å². The minimum Gasteiger partial charge on any atom is -0.298 e. The Balaban J connectivity index is 2.25. The van der Waals surface area contributed by atoms with Gasteiger partial charge in [0.1, 0.15) is 5.78 Å². The maximum Gasteiger partial charge on any atom is 0.146 e. The predicted octanol–water partition coefficient (Wildman–Crippen LogP) is 1.22. The molecule has 2 heteroatoms. The summed E-state index contributed by atoms with van der Waals surface area (Å²) in [7, 11) is 0. The Bertz CT molecular complexity index is 120. The van der Waals surface area contributed by atoms with Crippen LogP contribution in [0.4, 0.5) is 0 Å². The van der Waals surface area contributed by atoms with Crippen molar-refractivity contribution in [3.8, 4) is 0 Å². The molecule has 0 saturated carbocycles. The van der Waals surface area contributed by atoms with Crippen LogP contribution in [0, 0.1) is 6.54 Å². The van der Waals surface area contributed by atoms with Crippen molar-refractivity contribution in [1.82, 2.24) is 4.90 Å². The van der Waals surface area contributed by atoms with Crippen molar-refractivity contribution in [2.75, 3.05) is 13.1 Å². The Labute approximate surface area is 62.2 Å². The lowest BCUT2D eigenvalue weighted by molar-refractivity contribution is -0.121. The summed E-state index contributed by atoms with van der Waals surface area (Å²) >= 11 is 0. The molecule has 0 bridgehead atoms. The van der Waals surface area contributed by atoms with E-state index in [0.29, 0.717) is 12.3 Å². The van der Waals surface area contributed by atoms with Crippen LogP contribution in [0.25, 0.3) is 0 Å². The normalized spacial score (nSPS) is 21.5. The third-order valence-electron chi connectivity index (χ3n) is 1.72. The summed E-state index contributed by atoms with van der Waals surface area (Å²) in [6.07, 6.45) is 2.86. The van der Waals surface area contributed by atoms with Gasteiger partial charge in [0.15, 0.2) is 0 Å². The molecule has 1 saturated heterocycles. The minimum absolute atomic E-state index is 0.385. The van der Waals surface area contributed by atoms with Crippen LogP contribution >= 0.6 is 0 Å². The molecule has 10 heavy (non-hydrogen) atoms. The van der Waals surface area contributed by atoms with Crippen LogP contribution in [0.15, 0.2) is 0 Å². The second kappa shape index (κ2) is 3.71. The van der Waals surface area contributed by atoms with Crippen LogP contribution in [-0.2, 0) is 4.79 Å². The number of hydrogen-bond acceptors (Lipinski definition) is 2. The second-order valence-electron chi connectivity index (χ2n) is 2.70. The van der Waals surface area contributed by atoms with E-state index >= 15 is 0 Å². The first-order valence-corrected chi connectivity index (χ1v) is 3.92. The molecule has 0 aromatic rings. The Kier molecular flexibility index (Phi) is 2.87. The molecule has 0 aromatic carbocycles. The van der Waals surface area contributed by atoms with Crippen molar-refractivity contribution in [3.05, 3.63) is 6.54 Å². The highest BCUT2D eigenvalue weighted by atomic mass is 16.1. The summed E-state index contributed by atoms with van der Waals surface area (Å²) in [5, 5.41) is 0. The zero-order chi connectivity index (χ0) is 7.40. The van der Waals surface area contributed by atoms with Gasteiger partial charge in [0.2, 0.25) is 0 Å². The highest BCUT2D eigenvalue weighted by molar-refractivity contribution is 5.81. The van der Waals surface area contributed by atoms with Gasteiger partial charge in [-0.3, -0.25) is 9.69 Å². The molecule has 0 N–H and O–H groups in total. The zero-order valence-corrected chi connectivity index (χ0v) is 6.47. The lowest BCUT2D eigenvalue weighted by Gasteiger charge is -2.24. The molecule has 1 aliphatic heterocycles. The number of hydrogen-bond donors (Lipinski definition) is 0. The Morgan fingerprint density at radius 1 is 1.70 bits per heavy atom. The van der Waals surface area contributed by atoms with Gasteiger partial charge in [0.25, 0.3) is 0 Å². The van der Waals surface area contributed by atoms with Gasteiger partial charge in [-0.1, -0.05) is 6.92 Å². The largest absolute Gasteiger partial charge is 0.298 e. The maximum absolute atomic E-state index is 10.9. The van der Waals surface area contributed by atoms with Gasteiger partial charge in [0.05, 0.1) is 6.54 Å². The van der Waals surface area contributed by atoms with E-state index < -0.39 is 0 Å². The second-order valence-corrected chi connectivity index (χ2v) is 2.70. The van der Waals surface area contributed by atoms with E-state index in [0.717, 1.165) is 25.8 Å². The van der Waals surface area contributed by atoms with Gasteiger partial charge >= 0.3 is 0 Å². The summed E-state index contributed by atoms with van der Waals surface area (Å²) in [4.78, 5) is 13.0. The number of carbonyl (C=O) groups excluding carboxylic acids is 1. The molecular weight excluding hydrogens is 126 g/mol. The Morgan fingerprint density at radius 3 is 3.10 bits per heavy atom. The zero-order valence-electron chi connectivity index (χ0n) is 6.47. The molecule has 57 valence electrons. The summed E-state index contributed by atoms with van der Waals surface area (Å²) in [6.45, 7) is 5.92. The quantitative estimate of drug-likeness (QED) is 0.575. The topological polar surface area (TPSA) is 20.3 Å². The molecule has 1 radical (unpaired) electrons. The number of ketones is 1. The van der Waals surface area contributed by atoms with E-state index in [1.807, 2.05) is 0 Å². The molecule has 0 unspecified atom stereocenters. The van der Waals surface area contributed by atoms with E-state index in [1.165, 1.54) is 0 Å². The smallest absolute Gasteiger partial charge is 0.146 e. The van der Waals surface area contributed by atoms with Gasteiger partial charge in [-0.2, -0.15) is 0 Å². The molecule has 1 heterocycles. The van der Waals surface area contributed by atoms with Crippen molar-refractivity contribution < 1.29 is 4.79 Å². The fourth-order valence-electron chi connectivity index (χ4n) is 1.28. The summed E-state index contributed by atoms with van der Waals surface area (Å²) in [5.74, 6) is 0.385. The lowest BCUT2D eigenvalue weighted by Crippen LogP contribution is -2.33.